The highest BCUT2D eigenvalue weighted by Gasteiger charge is 2.42. The topological polar surface area (TPSA) is 96.5 Å². The summed E-state index contributed by atoms with van der Waals surface area (Å²) >= 11 is 1.61. The number of hydrogen-bond acceptors (Lipinski definition) is 7. The molecule has 0 spiro atoms. The smallest absolute Gasteiger partial charge is 0.234 e. The number of aliphatic hydroxyl groups is 1. The zero-order valence-electron chi connectivity index (χ0n) is 20.0. The predicted octanol–water partition coefficient (Wildman–Crippen LogP) is 4.32. The van der Waals surface area contributed by atoms with E-state index < -0.39 is 18.1 Å². The lowest BCUT2D eigenvalue weighted by molar-refractivity contribution is -0.140. The largest absolute Gasteiger partial charge is 0.391 e. The van der Waals surface area contributed by atoms with Gasteiger partial charge in [0.15, 0.2) is 5.78 Å². The maximum atomic E-state index is 13.5. The van der Waals surface area contributed by atoms with Crippen molar-refractivity contribution in [3.8, 4) is 10.4 Å². The molecule has 1 aromatic carbocycles. The van der Waals surface area contributed by atoms with Gasteiger partial charge in [-0.1, -0.05) is 43.3 Å². The molecule has 3 aromatic rings. The average Bonchev–Trinajstić information content (AvgIpc) is 3.52. The second-order valence-corrected chi connectivity index (χ2v) is 10.3. The Morgan fingerprint density at radius 3 is 2.56 bits per heavy atom. The standard InChI is InChI=1S/C26H31N3O4S/c1-15(2)24(23-11-16(3)28-33-23)26(32)29-13-20(30)12-21(29)22(31)10-7-18-5-8-19(9-6-18)25-17(4)27-14-34-25/h5-6,8-9,11,14-15,20-21,24,30H,7,10,12-13H2,1-4H3/t20-,21+,24+/m1/s1. The summed E-state index contributed by atoms with van der Waals surface area (Å²) in [4.78, 5) is 33.6. The van der Waals surface area contributed by atoms with Gasteiger partial charge in [-0.05, 0) is 37.3 Å². The summed E-state index contributed by atoms with van der Waals surface area (Å²) in [7, 11) is 0. The Kier molecular flexibility index (Phi) is 7.28. The first-order valence-electron chi connectivity index (χ1n) is 11.7. The number of aryl methyl sites for hydroxylation is 3. The fraction of sp³-hybridized carbons (Fsp3) is 0.462. The van der Waals surface area contributed by atoms with E-state index in [1.54, 1.807) is 22.3 Å². The van der Waals surface area contributed by atoms with E-state index in [4.69, 9.17) is 4.52 Å². The van der Waals surface area contributed by atoms with Crippen LogP contribution in [-0.4, -0.2) is 50.5 Å². The highest BCUT2D eigenvalue weighted by Crippen LogP contribution is 2.32. The number of nitrogens with zero attached hydrogens (tertiary/aromatic N) is 3. The van der Waals surface area contributed by atoms with Gasteiger partial charge >= 0.3 is 0 Å². The Bertz CT molecular complexity index is 1150. The quantitative estimate of drug-likeness (QED) is 0.515. The van der Waals surface area contributed by atoms with Crippen LogP contribution in [0.5, 0.6) is 0 Å². The van der Waals surface area contributed by atoms with Crippen LogP contribution in [0.15, 0.2) is 40.4 Å². The second kappa shape index (κ2) is 10.2. The predicted molar refractivity (Wildman–Crippen MR) is 131 cm³/mol. The second-order valence-electron chi connectivity index (χ2n) is 9.42. The van der Waals surface area contributed by atoms with Crippen LogP contribution < -0.4 is 0 Å². The number of likely N-dealkylation sites (tertiary alicyclic amines) is 1. The third-order valence-corrected chi connectivity index (χ3v) is 7.42. The van der Waals surface area contributed by atoms with Gasteiger partial charge in [-0.15, -0.1) is 11.3 Å². The summed E-state index contributed by atoms with van der Waals surface area (Å²) in [5.41, 5.74) is 5.74. The number of ketones is 1. The number of aliphatic hydroxyl groups excluding tert-OH is 1. The summed E-state index contributed by atoms with van der Waals surface area (Å²) in [5.74, 6) is -0.284. The minimum atomic E-state index is -0.705. The first-order chi connectivity index (χ1) is 16.2. The maximum absolute atomic E-state index is 13.5. The van der Waals surface area contributed by atoms with Gasteiger partial charge in [-0.25, -0.2) is 4.98 Å². The molecule has 0 radical (unpaired) electrons. The van der Waals surface area contributed by atoms with Gasteiger partial charge in [0.1, 0.15) is 11.7 Å². The molecule has 1 aliphatic rings. The summed E-state index contributed by atoms with van der Waals surface area (Å²) in [6.07, 6.45) is 0.469. The molecule has 2 aromatic heterocycles. The highest BCUT2D eigenvalue weighted by atomic mass is 32.1. The molecule has 0 bridgehead atoms. The Morgan fingerprint density at radius 2 is 1.97 bits per heavy atom. The lowest BCUT2D eigenvalue weighted by atomic mass is 9.91. The van der Waals surface area contributed by atoms with Crippen LogP contribution in [0.4, 0.5) is 0 Å². The molecule has 7 nitrogen and oxygen atoms in total. The molecule has 3 atom stereocenters. The van der Waals surface area contributed by atoms with E-state index in [1.165, 1.54) is 0 Å². The summed E-state index contributed by atoms with van der Waals surface area (Å²) < 4.78 is 5.39. The molecule has 0 aliphatic carbocycles. The van der Waals surface area contributed by atoms with Crippen LogP contribution in [0.2, 0.25) is 0 Å². The van der Waals surface area contributed by atoms with Crippen molar-refractivity contribution in [2.24, 2.45) is 5.92 Å². The van der Waals surface area contributed by atoms with Gasteiger partial charge in [0.25, 0.3) is 0 Å². The Morgan fingerprint density at radius 1 is 1.24 bits per heavy atom. The Balaban J connectivity index is 1.43. The minimum Gasteiger partial charge on any atom is -0.391 e. The van der Waals surface area contributed by atoms with Crippen molar-refractivity contribution in [1.29, 1.82) is 0 Å². The van der Waals surface area contributed by atoms with Crippen LogP contribution in [0.1, 0.15) is 55.3 Å². The molecule has 1 aliphatic heterocycles. The number of carbonyl (C=O) groups excluding carboxylic acids is 2. The van der Waals surface area contributed by atoms with Crippen molar-refractivity contribution < 1.29 is 19.2 Å². The van der Waals surface area contributed by atoms with Gasteiger partial charge < -0.3 is 14.5 Å². The van der Waals surface area contributed by atoms with Crippen LogP contribution in [0.3, 0.4) is 0 Å². The van der Waals surface area contributed by atoms with Crippen molar-refractivity contribution in [1.82, 2.24) is 15.0 Å². The number of aromatic nitrogens is 2. The summed E-state index contributed by atoms with van der Waals surface area (Å²) in [5, 5.41) is 14.2. The Labute approximate surface area is 203 Å². The van der Waals surface area contributed by atoms with Gasteiger partial charge in [0.05, 0.1) is 33.9 Å². The molecule has 8 heteroatoms. The number of hydrogen-bond donors (Lipinski definition) is 1. The van der Waals surface area contributed by atoms with E-state index in [0.717, 1.165) is 21.7 Å². The van der Waals surface area contributed by atoms with Crippen molar-refractivity contribution >= 4 is 23.0 Å². The van der Waals surface area contributed by atoms with E-state index in [9.17, 15) is 14.7 Å². The van der Waals surface area contributed by atoms with E-state index >= 15 is 0 Å². The molecule has 1 saturated heterocycles. The molecule has 1 fully saturated rings. The molecule has 3 heterocycles. The lowest BCUT2D eigenvalue weighted by Crippen LogP contribution is -2.44. The normalized spacial score (nSPS) is 19.1. The molecule has 4 rings (SSSR count). The maximum Gasteiger partial charge on any atom is 0.234 e. The zero-order valence-corrected chi connectivity index (χ0v) is 20.8. The van der Waals surface area contributed by atoms with Crippen molar-refractivity contribution in [3.05, 3.63) is 58.6 Å². The minimum absolute atomic E-state index is 0.0245. The SMILES string of the molecule is Cc1cc([C@@H](C(=O)N2C[C@H](O)C[C@H]2C(=O)CCc2ccc(-c3scnc3C)cc2)C(C)C)on1. The first kappa shape index (κ1) is 24.3. The Hall–Kier alpha value is -2.84. The molecular weight excluding hydrogens is 450 g/mol. The average molecular weight is 482 g/mol. The number of β-amino-alcohol motifs (C(OH)–C–C–N with tert-alkyl or cyclic N) is 1. The third kappa shape index (κ3) is 5.13. The third-order valence-electron chi connectivity index (χ3n) is 6.44. The first-order valence-corrected chi connectivity index (χ1v) is 12.6. The van der Waals surface area contributed by atoms with Crippen molar-refractivity contribution in [2.45, 2.75) is 65.0 Å². The fourth-order valence-electron chi connectivity index (χ4n) is 4.64. The molecule has 1 amide bonds. The zero-order chi connectivity index (χ0) is 24.4. The highest BCUT2D eigenvalue weighted by molar-refractivity contribution is 7.13. The number of rotatable bonds is 8. The number of benzene rings is 1. The van der Waals surface area contributed by atoms with Gasteiger partial charge in [-0.2, -0.15) is 0 Å². The number of Topliss-reactive ketones (excluding diaryl/α,β-unsaturated/α-hetero) is 1. The molecule has 0 saturated carbocycles. The van der Waals surface area contributed by atoms with Crippen molar-refractivity contribution in [3.63, 3.8) is 0 Å². The van der Waals surface area contributed by atoms with Gasteiger partial charge in [0, 0.05) is 25.5 Å². The van der Waals surface area contributed by atoms with Crippen LogP contribution >= 0.6 is 11.3 Å². The van der Waals surface area contributed by atoms with Crippen molar-refractivity contribution in [2.75, 3.05) is 6.54 Å². The molecular formula is C26H31N3O4S. The summed E-state index contributed by atoms with van der Waals surface area (Å²) in [6.45, 7) is 7.86. The van der Waals surface area contributed by atoms with E-state index in [0.29, 0.717) is 24.3 Å². The monoisotopic (exact) mass is 481 g/mol. The van der Waals surface area contributed by atoms with Crippen LogP contribution in [0, 0.1) is 19.8 Å². The fourth-order valence-corrected chi connectivity index (χ4v) is 5.45. The van der Waals surface area contributed by atoms with Gasteiger partial charge in [-0.3, -0.25) is 9.59 Å². The van der Waals surface area contributed by atoms with E-state index in [1.807, 2.05) is 45.3 Å². The van der Waals surface area contributed by atoms with Crippen LogP contribution in [0.25, 0.3) is 10.4 Å². The van der Waals surface area contributed by atoms with Crippen LogP contribution in [-0.2, 0) is 16.0 Å². The number of amides is 1. The molecule has 34 heavy (non-hydrogen) atoms. The number of carbonyl (C=O) groups is 2. The summed E-state index contributed by atoms with van der Waals surface area (Å²) in [6, 6.07) is 9.34. The van der Waals surface area contributed by atoms with E-state index in [2.05, 4.69) is 22.3 Å². The molecule has 1 N–H and O–H groups in total. The molecule has 0 unspecified atom stereocenters. The van der Waals surface area contributed by atoms with E-state index in [-0.39, 0.29) is 30.6 Å². The number of thiazole rings is 1. The lowest BCUT2D eigenvalue weighted by Gasteiger charge is -2.28. The molecule has 180 valence electrons. The van der Waals surface area contributed by atoms with Gasteiger partial charge in [0.2, 0.25) is 5.91 Å².